The van der Waals surface area contributed by atoms with Crippen LogP contribution in [-0.4, -0.2) is 37.3 Å². The Kier molecular flexibility index (Phi) is 8.74. The summed E-state index contributed by atoms with van der Waals surface area (Å²) in [6.07, 6.45) is 3.21. The van der Waals surface area contributed by atoms with Gasteiger partial charge < -0.3 is 14.6 Å². The minimum atomic E-state index is -1.99. The molecule has 0 saturated heterocycles. The van der Waals surface area contributed by atoms with Crippen LogP contribution in [0.5, 0.6) is 0 Å². The maximum absolute atomic E-state index is 10.2. The van der Waals surface area contributed by atoms with Gasteiger partial charge in [-0.2, -0.15) is 0 Å². The van der Waals surface area contributed by atoms with Crippen molar-refractivity contribution in [3.05, 3.63) is 47.5 Å². The van der Waals surface area contributed by atoms with E-state index in [1.807, 2.05) is 13.0 Å². The quantitative estimate of drug-likeness (QED) is 0.472. The molecule has 3 atom stereocenters. The number of allylic oxidation sites excluding steroid dienone is 1. The molecule has 0 amide bonds. The first-order chi connectivity index (χ1) is 12.0. The van der Waals surface area contributed by atoms with Gasteiger partial charge in [0, 0.05) is 5.92 Å². The van der Waals surface area contributed by atoms with Gasteiger partial charge in [-0.25, -0.2) is 0 Å². The summed E-state index contributed by atoms with van der Waals surface area (Å²) in [5, 5.41) is 19.7. The minimum Gasteiger partial charge on any atom is -0.410 e. The van der Waals surface area contributed by atoms with Gasteiger partial charge in [-0.05, 0) is 49.0 Å². The lowest BCUT2D eigenvalue weighted by molar-refractivity contribution is 0.00880. The molecular formula is C22H38O3Si. The lowest BCUT2D eigenvalue weighted by atomic mass is 9.92. The summed E-state index contributed by atoms with van der Waals surface area (Å²) in [6, 6.07) is 10.4. The van der Waals surface area contributed by atoms with E-state index >= 15 is 0 Å². The molecule has 0 fully saturated rings. The molecule has 0 heterocycles. The van der Waals surface area contributed by atoms with Crippen molar-refractivity contribution in [3.8, 4) is 0 Å². The molecule has 0 radical (unpaired) electrons. The summed E-state index contributed by atoms with van der Waals surface area (Å²) >= 11 is 0. The highest BCUT2D eigenvalue weighted by atomic mass is 28.4. The fourth-order valence-corrected chi connectivity index (χ4v) is 4.09. The maximum atomic E-state index is 10.2. The topological polar surface area (TPSA) is 49.7 Å². The highest BCUT2D eigenvalue weighted by Gasteiger charge is 2.41. The predicted octanol–water partition coefficient (Wildman–Crippen LogP) is 4.95. The molecule has 1 aromatic rings. The van der Waals surface area contributed by atoms with E-state index < -0.39 is 14.4 Å². The largest absolute Gasteiger partial charge is 0.410 e. The lowest BCUT2D eigenvalue weighted by Crippen LogP contribution is -2.48. The highest BCUT2D eigenvalue weighted by Crippen LogP contribution is 2.39. The summed E-state index contributed by atoms with van der Waals surface area (Å²) in [5.41, 5.74) is 2.47. The summed E-state index contributed by atoms with van der Waals surface area (Å²) in [5.74, 6) is -0.151. The van der Waals surface area contributed by atoms with Gasteiger partial charge in [-0.1, -0.05) is 64.1 Å². The summed E-state index contributed by atoms with van der Waals surface area (Å²) < 4.78 is 6.65. The van der Waals surface area contributed by atoms with Gasteiger partial charge in [0.1, 0.15) is 0 Å². The third-order valence-electron chi connectivity index (χ3n) is 5.69. The van der Waals surface area contributed by atoms with Crippen LogP contribution in [0, 0.1) is 5.92 Å². The van der Waals surface area contributed by atoms with Crippen molar-refractivity contribution in [1.29, 1.82) is 0 Å². The van der Waals surface area contributed by atoms with Crippen LogP contribution in [0.25, 0.3) is 0 Å². The zero-order valence-corrected chi connectivity index (χ0v) is 18.6. The first-order valence-corrected chi connectivity index (χ1v) is 12.6. The Hall–Kier alpha value is -0.943. The zero-order valence-electron chi connectivity index (χ0n) is 17.6. The monoisotopic (exact) mass is 378 g/mol. The highest BCUT2D eigenvalue weighted by molar-refractivity contribution is 6.74. The molecule has 3 nitrogen and oxygen atoms in total. The Morgan fingerprint density at radius 2 is 1.77 bits per heavy atom. The number of benzene rings is 1. The van der Waals surface area contributed by atoms with Crippen LogP contribution in [0.2, 0.25) is 18.1 Å². The third-order valence-corrected chi connectivity index (χ3v) is 10.1. The fourth-order valence-electron chi connectivity index (χ4n) is 2.70. The SMILES string of the molecule is C/C(=C\CCc1ccccc1)[C@H](O[Si](C)(C)C(C)(C)C)[C@H](C)C(O)CO. The average molecular weight is 379 g/mol. The van der Waals surface area contributed by atoms with Crippen LogP contribution >= 0.6 is 0 Å². The predicted molar refractivity (Wildman–Crippen MR) is 113 cm³/mol. The molecule has 0 aromatic heterocycles. The average Bonchev–Trinajstić information content (AvgIpc) is 2.58. The Labute approximate surface area is 161 Å². The summed E-state index contributed by atoms with van der Waals surface area (Å²) in [4.78, 5) is 0. The van der Waals surface area contributed by atoms with E-state index in [0.717, 1.165) is 18.4 Å². The minimum absolute atomic E-state index is 0.0967. The number of hydrogen-bond donors (Lipinski definition) is 2. The molecule has 4 heteroatoms. The number of hydrogen-bond acceptors (Lipinski definition) is 3. The van der Waals surface area contributed by atoms with Gasteiger partial charge in [-0.3, -0.25) is 0 Å². The number of aliphatic hydroxyl groups excluding tert-OH is 2. The van der Waals surface area contributed by atoms with Crippen molar-refractivity contribution in [2.75, 3.05) is 6.61 Å². The second-order valence-corrected chi connectivity index (χ2v) is 13.6. The van der Waals surface area contributed by atoms with Gasteiger partial charge in [0.15, 0.2) is 8.32 Å². The van der Waals surface area contributed by atoms with Gasteiger partial charge in [0.25, 0.3) is 0 Å². The van der Waals surface area contributed by atoms with Crippen LogP contribution in [0.4, 0.5) is 0 Å². The van der Waals surface area contributed by atoms with E-state index in [1.54, 1.807) is 0 Å². The molecule has 0 aliphatic heterocycles. The van der Waals surface area contributed by atoms with E-state index in [-0.39, 0.29) is 23.7 Å². The van der Waals surface area contributed by atoms with E-state index in [4.69, 9.17) is 4.43 Å². The van der Waals surface area contributed by atoms with Crippen LogP contribution in [0.3, 0.4) is 0 Å². The van der Waals surface area contributed by atoms with Crippen molar-refractivity contribution < 1.29 is 14.6 Å². The Morgan fingerprint density at radius 3 is 2.27 bits per heavy atom. The van der Waals surface area contributed by atoms with E-state index in [0.29, 0.717) is 0 Å². The molecular weight excluding hydrogens is 340 g/mol. The van der Waals surface area contributed by atoms with E-state index in [9.17, 15) is 10.2 Å². The third kappa shape index (κ3) is 6.65. The lowest BCUT2D eigenvalue weighted by Gasteiger charge is -2.42. The van der Waals surface area contributed by atoms with Gasteiger partial charge in [-0.15, -0.1) is 0 Å². The van der Waals surface area contributed by atoms with Crippen LogP contribution < -0.4 is 0 Å². The molecule has 148 valence electrons. The van der Waals surface area contributed by atoms with E-state index in [2.05, 4.69) is 71.1 Å². The maximum Gasteiger partial charge on any atom is 0.192 e. The molecule has 0 spiro atoms. The molecule has 1 aromatic carbocycles. The van der Waals surface area contributed by atoms with Crippen molar-refractivity contribution in [3.63, 3.8) is 0 Å². The molecule has 26 heavy (non-hydrogen) atoms. The Morgan fingerprint density at radius 1 is 1.19 bits per heavy atom. The molecule has 0 aliphatic rings. The molecule has 0 bridgehead atoms. The molecule has 2 N–H and O–H groups in total. The molecule has 1 rings (SSSR count). The Balaban J connectivity index is 2.93. The van der Waals surface area contributed by atoms with Crippen LogP contribution in [0.1, 0.15) is 46.6 Å². The van der Waals surface area contributed by atoms with Crippen molar-refractivity contribution in [2.24, 2.45) is 5.92 Å². The zero-order chi connectivity index (χ0) is 20.0. The standard InChI is InChI=1S/C22H38O3Si/c1-17(12-11-15-19-13-9-8-10-14-19)21(18(2)20(24)16-23)25-26(6,7)22(3,4)5/h8-10,12-14,18,20-21,23-24H,11,15-16H2,1-7H3/b17-12+/t18-,20?,21+/m1/s1. The second kappa shape index (κ2) is 9.84. The van der Waals surface area contributed by atoms with Gasteiger partial charge >= 0.3 is 0 Å². The molecule has 0 aliphatic carbocycles. The van der Waals surface area contributed by atoms with Crippen molar-refractivity contribution >= 4 is 8.32 Å². The number of rotatable bonds is 9. The van der Waals surface area contributed by atoms with Crippen LogP contribution in [-0.2, 0) is 10.8 Å². The molecule has 1 unspecified atom stereocenters. The van der Waals surface area contributed by atoms with Gasteiger partial charge in [0.05, 0.1) is 18.8 Å². The van der Waals surface area contributed by atoms with Crippen molar-refractivity contribution in [2.45, 2.75) is 77.8 Å². The fraction of sp³-hybridized carbons (Fsp3) is 0.636. The first kappa shape index (κ1) is 23.1. The number of aryl methyl sites for hydroxylation is 1. The number of aliphatic hydroxyl groups is 2. The first-order valence-electron chi connectivity index (χ1n) is 9.67. The normalized spacial score (nSPS) is 17.0. The van der Waals surface area contributed by atoms with E-state index in [1.165, 1.54) is 5.56 Å². The summed E-state index contributed by atoms with van der Waals surface area (Å²) in [7, 11) is -1.99. The second-order valence-electron chi connectivity index (χ2n) is 8.88. The van der Waals surface area contributed by atoms with Crippen molar-refractivity contribution in [1.82, 2.24) is 0 Å². The Bertz CT molecular complexity index is 561. The van der Waals surface area contributed by atoms with Crippen LogP contribution in [0.15, 0.2) is 42.0 Å². The molecule has 0 saturated carbocycles. The van der Waals surface area contributed by atoms with Gasteiger partial charge in [0.2, 0.25) is 0 Å². The smallest absolute Gasteiger partial charge is 0.192 e. The summed E-state index contributed by atoms with van der Waals surface area (Å²) in [6.45, 7) is 14.9.